The lowest BCUT2D eigenvalue weighted by molar-refractivity contribution is -0.159. The Bertz CT molecular complexity index is 993. The number of hydrogen-bond donors (Lipinski definition) is 2. The van der Waals surface area contributed by atoms with Gasteiger partial charge in [-0.05, 0) is 35.9 Å². The second-order valence-corrected chi connectivity index (χ2v) is 7.39. The van der Waals surface area contributed by atoms with Crippen LogP contribution in [0.3, 0.4) is 0 Å². The highest BCUT2D eigenvalue weighted by Gasteiger charge is 2.33. The molecule has 12 heteroatoms. The number of carbonyl (C=O) groups excluding carboxylic acids is 1. The first kappa shape index (κ1) is 27.4. The lowest BCUT2D eigenvalue weighted by Gasteiger charge is -2.35. The van der Waals surface area contributed by atoms with Crippen LogP contribution in [0.5, 0.6) is 11.5 Å². The average Bonchev–Trinajstić information content (AvgIpc) is 2.83. The highest BCUT2D eigenvalue weighted by Crippen LogP contribution is 2.32. The van der Waals surface area contributed by atoms with E-state index in [0.717, 1.165) is 6.07 Å². The number of methoxy groups -OCH3 is 1. The summed E-state index contributed by atoms with van der Waals surface area (Å²) >= 11 is 0. The van der Waals surface area contributed by atoms with Crippen LogP contribution >= 0.6 is 0 Å². The molecule has 1 saturated heterocycles. The van der Waals surface area contributed by atoms with Crippen LogP contribution in [0, 0.1) is 0 Å². The monoisotopic (exact) mass is 498 g/mol. The molecule has 0 spiro atoms. The molecular formula is C23H25F3N2O7. The van der Waals surface area contributed by atoms with Gasteiger partial charge in [0.05, 0.1) is 12.7 Å². The maximum absolute atomic E-state index is 13.1. The van der Waals surface area contributed by atoms with Crippen molar-refractivity contribution in [3.8, 4) is 11.5 Å². The van der Waals surface area contributed by atoms with E-state index >= 15 is 0 Å². The number of ether oxygens (including phenoxy) is 2. The number of hydrogen-bond acceptors (Lipinski definition) is 6. The Balaban J connectivity index is 0.000000641. The predicted molar refractivity (Wildman–Crippen MR) is 117 cm³/mol. The van der Waals surface area contributed by atoms with Crippen molar-refractivity contribution >= 4 is 17.8 Å². The van der Waals surface area contributed by atoms with Crippen molar-refractivity contribution in [2.75, 3.05) is 39.9 Å². The van der Waals surface area contributed by atoms with Crippen LogP contribution in [0.25, 0.3) is 0 Å². The number of halogens is 3. The third-order valence-corrected chi connectivity index (χ3v) is 5.05. The smallest absolute Gasteiger partial charge is 0.416 e. The molecule has 35 heavy (non-hydrogen) atoms. The molecule has 0 saturated carbocycles. The summed E-state index contributed by atoms with van der Waals surface area (Å²) in [4.78, 5) is 34.2. The number of aliphatic carboxylic acids is 2. The number of carboxylic acid groups (broad SMARTS) is 2. The van der Waals surface area contributed by atoms with E-state index in [9.17, 15) is 18.0 Å². The first-order valence-corrected chi connectivity index (χ1v) is 10.4. The second kappa shape index (κ2) is 12.6. The van der Waals surface area contributed by atoms with E-state index in [1.165, 1.54) is 12.1 Å². The van der Waals surface area contributed by atoms with Crippen LogP contribution in [-0.2, 0) is 27.1 Å². The summed E-state index contributed by atoms with van der Waals surface area (Å²) in [5.41, 5.74) is -0.353. The van der Waals surface area contributed by atoms with Crippen molar-refractivity contribution < 1.29 is 47.2 Å². The van der Waals surface area contributed by atoms with E-state index < -0.39 is 23.7 Å². The summed E-state index contributed by atoms with van der Waals surface area (Å²) in [5.74, 6) is -2.52. The van der Waals surface area contributed by atoms with Crippen LogP contribution in [0.1, 0.15) is 11.1 Å². The fourth-order valence-electron chi connectivity index (χ4n) is 3.24. The topological polar surface area (TPSA) is 117 Å². The lowest BCUT2D eigenvalue weighted by Crippen LogP contribution is -2.49. The van der Waals surface area contributed by atoms with E-state index in [1.807, 2.05) is 4.90 Å². The molecule has 190 valence electrons. The minimum Gasteiger partial charge on any atom is -0.497 e. The fraction of sp³-hybridized carbons (Fsp3) is 0.348. The number of carbonyl (C=O) groups is 3. The summed E-state index contributed by atoms with van der Waals surface area (Å²) in [5, 5.41) is 14.8. The summed E-state index contributed by atoms with van der Waals surface area (Å²) in [7, 11) is 1.57. The molecule has 2 aromatic rings. The molecule has 9 nitrogen and oxygen atoms in total. The van der Waals surface area contributed by atoms with Crippen molar-refractivity contribution in [2.45, 2.75) is 12.7 Å². The molecule has 0 unspecified atom stereocenters. The maximum atomic E-state index is 13.1. The molecule has 0 aromatic heterocycles. The van der Waals surface area contributed by atoms with Crippen molar-refractivity contribution in [1.29, 1.82) is 0 Å². The number of carboxylic acids is 2. The summed E-state index contributed by atoms with van der Waals surface area (Å²) < 4.78 is 50.0. The number of nitrogens with zero attached hydrogens (tertiary/aromatic N) is 2. The Morgan fingerprint density at radius 2 is 1.43 bits per heavy atom. The average molecular weight is 498 g/mol. The SMILES string of the molecule is COc1ccc(OCC(=O)N2CCN(Cc3ccccc3C(F)(F)F)CC2)cc1.O=C(O)C(=O)O. The molecule has 1 aliphatic rings. The van der Waals surface area contributed by atoms with Crippen LogP contribution in [0.15, 0.2) is 48.5 Å². The predicted octanol–water partition coefficient (Wildman–Crippen LogP) is 2.59. The Labute approximate surface area is 199 Å². The van der Waals surface area contributed by atoms with E-state index in [1.54, 1.807) is 42.3 Å². The van der Waals surface area contributed by atoms with E-state index in [2.05, 4.69) is 0 Å². The highest BCUT2D eigenvalue weighted by atomic mass is 19.4. The Kier molecular flexibility index (Phi) is 9.88. The van der Waals surface area contributed by atoms with Gasteiger partial charge in [0.1, 0.15) is 11.5 Å². The zero-order valence-electron chi connectivity index (χ0n) is 18.8. The van der Waals surface area contributed by atoms with Gasteiger partial charge in [-0.2, -0.15) is 13.2 Å². The maximum Gasteiger partial charge on any atom is 0.416 e. The standard InChI is InChI=1S/C21H23F3N2O3.C2H2O4/c1-28-17-6-8-18(9-7-17)29-15-20(27)26-12-10-25(11-13-26)14-16-4-2-3-5-19(16)21(22,23)24;3-1(4)2(5)6/h2-9H,10-15H2,1H3;(H,3,4)(H,5,6). The second-order valence-electron chi connectivity index (χ2n) is 7.39. The van der Waals surface area contributed by atoms with Gasteiger partial charge in [0, 0.05) is 32.7 Å². The van der Waals surface area contributed by atoms with Crippen LogP contribution in [-0.4, -0.2) is 77.8 Å². The summed E-state index contributed by atoms with van der Waals surface area (Å²) in [6.07, 6.45) is -4.37. The number of amides is 1. The van der Waals surface area contributed by atoms with Crippen molar-refractivity contribution in [2.24, 2.45) is 0 Å². The molecule has 2 N–H and O–H groups in total. The van der Waals surface area contributed by atoms with Gasteiger partial charge in [0.25, 0.3) is 5.91 Å². The van der Waals surface area contributed by atoms with E-state index in [-0.39, 0.29) is 24.6 Å². The molecule has 1 amide bonds. The third-order valence-electron chi connectivity index (χ3n) is 5.05. The molecule has 0 radical (unpaired) electrons. The number of rotatable bonds is 6. The van der Waals surface area contributed by atoms with Gasteiger partial charge in [0.15, 0.2) is 6.61 Å². The zero-order chi connectivity index (χ0) is 26.0. The molecule has 2 aromatic carbocycles. The summed E-state index contributed by atoms with van der Waals surface area (Å²) in [6, 6.07) is 12.6. The molecule has 1 heterocycles. The van der Waals surface area contributed by atoms with Gasteiger partial charge < -0.3 is 24.6 Å². The van der Waals surface area contributed by atoms with Crippen LogP contribution < -0.4 is 9.47 Å². The van der Waals surface area contributed by atoms with E-state index in [4.69, 9.17) is 29.3 Å². The van der Waals surface area contributed by atoms with Gasteiger partial charge in [-0.15, -0.1) is 0 Å². The van der Waals surface area contributed by atoms with Gasteiger partial charge >= 0.3 is 18.1 Å². The Morgan fingerprint density at radius 3 is 1.94 bits per heavy atom. The molecular weight excluding hydrogens is 473 g/mol. The van der Waals surface area contributed by atoms with Gasteiger partial charge in [-0.3, -0.25) is 9.69 Å². The number of benzene rings is 2. The minimum absolute atomic E-state index is 0.0801. The fourth-order valence-corrected chi connectivity index (χ4v) is 3.24. The van der Waals surface area contributed by atoms with Crippen molar-refractivity contribution in [3.63, 3.8) is 0 Å². The Hall–Kier alpha value is -3.80. The first-order valence-electron chi connectivity index (χ1n) is 10.4. The zero-order valence-corrected chi connectivity index (χ0v) is 18.8. The minimum atomic E-state index is -4.37. The Morgan fingerprint density at radius 1 is 0.886 bits per heavy atom. The normalized spacial score (nSPS) is 13.9. The third kappa shape index (κ3) is 8.81. The highest BCUT2D eigenvalue weighted by molar-refractivity contribution is 6.27. The van der Waals surface area contributed by atoms with Crippen LogP contribution in [0.2, 0.25) is 0 Å². The first-order chi connectivity index (χ1) is 16.5. The molecule has 1 fully saturated rings. The van der Waals surface area contributed by atoms with Crippen LogP contribution in [0.4, 0.5) is 13.2 Å². The molecule has 1 aliphatic heterocycles. The van der Waals surface area contributed by atoms with Crippen molar-refractivity contribution in [1.82, 2.24) is 9.80 Å². The van der Waals surface area contributed by atoms with E-state index in [0.29, 0.717) is 37.7 Å². The molecule has 3 rings (SSSR count). The molecule has 0 aliphatic carbocycles. The summed E-state index contributed by atoms with van der Waals surface area (Å²) in [6.45, 7) is 2.07. The largest absolute Gasteiger partial charge is 0.497 e. The van der Waals surface area contributed by atoms with Gasteiger partial charge in [-0.1, -0.05) is 18.2 Å². The lowest BCUT2D eigenvalue weighted by atomic mass is 10.1. The number of piperazine rings is 1. The number of alkyl halides is 3. The molecule has 0 atom stereocenters. The van der Waals surface area contributed by atoms with Crippen molar-refractivity contribution in [3.05, 3.63) is 59.7 Å². The molecule has 0 bridgehead atoms. The van der Waals surface area contributed by atoms with Gasteiger partial charge in [0.2, 0.25) is 0 Å². The van der Waals surface area contributed by atoms with Gasteiger partial charge in [-0.25, -0.2) is 9.59 Å². The quantitative estimate of drug-likeness (QED) is 0.584.